The molecule has 18 heavy (non-hydrogen) atoms. The monoisotopic (exact) mass is 243 g/mol. The summed E-state index contributed by atoms with van der Waals surface area (Å²) in [6.45, 7) is 3.97. The molecular formula is C14H17N3O. The van der Waals surface area contributed by atoms with Crippen molar-refractivity contribution in [3.8, 4) is 0 Å². The maximum Gasteiger partial charge on any atom is 0.253 e. The van der Waals surface area contributed by atoms with E-state index < -0.39 is 0 Å². The topological polar surface area (TPSA) is 49.0 Å². The predicted molar refractivity (Wildman–Crippen MR) is 70.4 cm³/mol. The number of carbonyl (C=O) groups excluding carboxylic acids is 1. The number of piperidine rings is 1. The lowest BCUT2D eigenvalue weighted by Gasteiger charge is -2.31. The number of nitrogens with zero attached hydrogens (tertiary/aromatic N) is 2. The Morgan fingerprint density at radius 1 is 1.50 bits per heavy atom. The van der Waals surface area contributed by atoms with Crippen molar-refractivity contribution >= 4 is 16.8 Å². The molecule has 1 amide bonds. The molecule has 1 unspecified atom stereocenters. The van der Waals surface area contributed by atoms with Crippen LogP contribution in [-0.2, 0) is 0 Å². The maximum absolute atomic E-state index is 12.4. The predicted octanol–water partition coefficient (Wildman–Crippen LogP) is 2.44. The summed E-state index contributed by atoms with van der Waals surface area (Å²) in [7, 11) is 0. The number of rotatable bonds is 1. The summed E-state index contributed by atoms with van der Waals surface area (Å²) in [6.07, 6.45) is 4.09. The molecule has 3 rings (SSSR count). The first-order valence-electron chi connectivity index (χ1n) is 6.46. The Morgan fingerprint density at radius 2 is 2.39 bits per heavy atom. The van der Waals surface area contributed by atoms with Gasteiger partial charge in [-0.3, -0.25) is 9.89 Å². The fourth-order valence-electron chi connectivity index (χ4n) is 2.63. The number of H-pyrrole nitrogens is 1. The number of hydrogen-bond donors (Lipinski definition) is 1. The van der Waals surface area contributed by atoms with Crippen LogP contribution in [0.1, 0.15) is 30.1 Å². The van der Waals surface area contributed by atoms with Gasteiger partial charge in [-0.1, -0.05) is 6.92 Å². The number of carbonyl (C=O) groups is 1. The van der Waals surface area contributed by atoms with Gasteiger partial charge in [0.25, 0.3) is 5.91 Å². The molecule has 1 atom stereocenters. The Hall–Kier alpha value is -1.84. The van der Waals surface area contributed by atoms with Crippen molar-refractivity contribution in [2.75, 3.05) is 13.1 Å². The van der Waals surface area contributed by atoms with Gasteiger partial charge < -0.3 is 4.90 Å². The zero-order valence-electron chi connectivity index (χ0n) is 10.5. The number of likely N-dealkylation sites (tertiary alicyclic amines) is 1. The molecule has 4 nitrogen and oxygen atoms in total. The number of aromatic amines is 1. The van der Waals surface area contributed by atoms with Gasteiger partial charge in [0.1, 0.15) is 0 Å². The molecule has 4 heteroatoms. The average molecular weight is 243 g/mol. The third-order valence-electron chi connectivity index (χ3n) is 3.63. The standard InChI is InChI=1S/C14H17N3O/c1-10-3-2-6-17(9-10)14(18)11-4-5-13-12(7-11)8-15-16-13/h4-5,7-8,10H,2-3,6,9H2,1H3,(H,15,16). The van der Waals surface area contributed by atoms with Gasteiger partial charge in [-0.25, -0.2) is 0 Å². The second-order valence-electron chi connectivity index (χ2n) is 5.17. The summed E-state index contributed by atoms with van der Waals surface area (Å²) in [5.74, 6) is 0.755. The Morgan fingerprint density at radius 3 is 3.22 bits per heavy atom. The second-order valence-corrected chi connectivity index (χ2v) is 5.17. The van der Waals surface area contributed by atoms with Crippen molar-refractivity contribution in [3.05, 3.63) is 30.0 Å². The normalized spacial score (nSPS) is 20.3. The fourth-order valence-corrected chi connectivity index (χ4v) is 2.63. The number of nitrogens with one attached hydrogen (secondary N) is 1. The van der Waals surface area contributed by atoms with Crippen molar-refractivity contribution in [1.29, 1.82) is 0 Å². The highest BCUT2D eigenvalue weighted by Crippen LogP contribution is 2.19. The fraction of sp³-hybridized carbons (Fsp3) is 0.429. The van der Waals surface area contributed by atoms with E-state index >= 15 is 0 Å². The summed E-state index contributed by atoms with van der Waals surface area (Å²) in [5.41, 5.74) is 1.73. The minimum Gasteiger partial charge on any atom is -0.338 e. The van der Waals surface area contributed by atoms with E-state index in [-0.39, 0.29) is 5.91 Å². The van der Waals surface area contributed by atoms with Crippen LogP contribution in [0.4, 0.5) is 0 Å². The summed E-state index contributed by atoms with van der Waals surface area (Å²) < 4.78 is 0. The molecule has 1 aromatic carbocycles. The first-order chi connectivity index (χ1) is 8.74. The van der Waals surface area contributed by atoms with E-state index in [0.717, 1.165) is 36.0 Å². The molecule has 0 bridgehead atoms. The van der Waals surface area contributed by atoms with E-state index in [1.165, 1.54) is 6.42 Å². The highest BCUT2D eigenvalue weighted by molar-refractivity contribution is 5.97. The lowest BCUT2D eigenvalue weighted by atomic mass is 9.99. The Kier molecular flexibility index (Phi) is 2.78. The average Bonchev–Trinajstić information content (AvgIpc) is 2.85. The van der Waals surface area contributed by atoms with Crippen LogP contribution in [-0.4, -0.2) is 34.1 Å². The van der Waals surface area contributed by atoms with Crippen LogP contribution in [0, 0.1) is 5.92 Å². The van der Waals surface area contributed by atoms with Gasteiger partial charge >= 0.3 is 0 Å². The molecule has 1 fully saturated rings. The van der Waals surface area contributed by atoms with Crippen LogP contribution >= 0.6 is 0 Å². The molecule has 0 aliphatic carbocycles. The third-order valence-corrected chi connectivity index (χ3v) is 3.63. The van der Waals surface area contributed by atoms with Crippen LogP contribution in [0.25, 0.3) is 10.9 Å². The molecule has 0 saturated carbocycles. The van der Waals surface area contributed by atoms with Crippen LogP contribution in [0.2, 0.25) is 0 Å². The molecule has 1 aliphatic rings. The number of aromatic nitrogens is 2. The van der Waals surface area contributed by atoms with E-state index in [9.17, 15) is 4.79 Å². The van der Waals surface area contributed by atoms with Gasteiger partial charge in [0, 0.05) is 24.0 Å². The largest absolute Gasteiger partial charge is 0.338 e. The third kappa shape index (κ3) is 1.98. The highest BCUT2D eigenvalue weighted by Gasteiger charge is 2.22. The maximum atomic E-state index is 12.4. The lowest BCUT2D eigenvalue weighted by molar-refractivity contribution is 0.0683. The molecule has 1 aliphatic heterocycles. The first-order valence-corrected chi connectivity index (χ1v) is 6.46. The molecule has 1 aromatic heterocycles. The van der Waals surface area contributed by atoms with Gasteiger partial charge in [0.15, 0.2) is 0 Å². The number of amides is 1. The van der Waals surface area contributed by atoms with Crippen LogP contribution in [0.15, 0.2) is 24.4 Å². The molecule has 2 aromatic rings. The van der Waals surface area contributed by atoms with Crippen molar-refractivity contribution < 1.29 is 4.79 Å². The molecule has 94 valence electrons. The zero-order valence-corrected chi connectivity index (χ0v) is 10.5. The van der Waals surface area contributed by atoms with Crippen LogP contribution in [0.5, 0.6) is 0 Å². The zero-order chi connectivity index (χ0) is 12.5. The van der Waals surface area contributed by atoms with E-state index in [4.69, 9.17) is 0 Å². The van der Waals surface area contributed by atoms with Gasteiger partial charge in [-0.2, -0.15) is 5.10 Å². The molecule has 2 heterocycles. The Balaban J connectivity index is 1.86. The van der Waals surface area contributed by atoms with E-state index in [1.54, 1.807) is 6.20 Å². The van der Waals surface area contributed by atoms with Gasteiger partial charge in [-0.15, -0.1) is 0 Å². The summed E-state index contributed by atoms with van der Waals surface area (Å²) in [4.78, 5) is 14.4. The summed E-state index contributed by atoms with van der Waals surface area (Å²) in [6, 6.07) is 5.71. The van der Waals surface area contributed by atoms with Gasteiger partial charge in [0.05, 0.1) is 11.7 Å². The molecule has 1 N–H and O–H groups in total. The minimum absolute atomic E-state index is 0.143. The van der Waals surface area contributed by atoms with Crippen LogP contribution < -0.4 is 0 Å². The second kappa shape index (κ2) is 4.44. The van der Waals surface area contributed by atoms with E-state index in [2.05, 4.69) is 17.1 Å². The molecule has 1 saturated heterocycles. The minimum atomic E-state index is 0.143. The molecular weight excluding hydrogens is 226 g/mol. The first kappa shape index (κ1) is 11.3. The van der Waals surface area contributed by atoms with Gasteiger partial charge in [-0.05, 0) is 37.0 Å². The SMILES string of the molecule is CC1CCCN(C(=O)c2ccc3[nH]ncc3c2)C1. The van der Waals surface area contributed by atoms with E-state index in [1.807, 2.05) is 23.1 Å². The van der Waals surface area contributed by atoms with Crippen molar-refractivity contribution in [1.82, 2.24) is 15.1 Å². The Bertz CT molecular complexity index is 575. The summed E-state index contributed by atoms with van der Waals surface area (Å²) in [5, 5.41) is 7.87. The highest BCUT2D eigenvalue weighted by atomic mass is 16.2. The van der Waals surface area contributed by atoms with Crippen LogP contribution in [0.3, 0.4) is 0 Å². The smallest absolute Gasteiger partial charge is 0.253 e. The quantitative estimate of drug-likeness (QED) is 0.836. The number of benzene rings is 1. The lowest BCUT2D eigenvalue weighted by Crippen LogP contribution is -2.39. The van der Waals surface area contributed by atoms with Crippen molar-refractivity contribution in [2.24, 2.45) is 5.92 Å². The van der Waals surface area contributed by atoms with Gasteiger partial charge in [0.2, 0.25) is 0 Å². The number of fused-ring (bicyclic) bond motifs is 1. The Labute approximate surface area is 106 Å². The molecule has 0 spiro atoms. The van der Waals surface area contributed by atoms with E-state index in [0.29, 0.717) is 5.92 Å². The number of hydrogen-bond acceptors (Lipinski definition) is 2. The van der Waals surface area contributed by atoms with Crippen molar-refractivity contribution in [2.45, 2.75) is 19.8 Å². The molecule has 0 radical (unpaired) electrons. The van der Waals surface area contributed by atoms with Crippen molar-refractivity contribution in [3.63, 3.8) is 0 Å². The summed E-state index contributed by atoms with van der Waals surface area (Å²) >= 11 is 0.